The Morgan fingerprint density at radius 2 is 1.92 bits per heavy atom. The van der Waals surface area contributed by atoms with Gasteiger partial charge < -0.3 is 15.0 Å². The van der Waals surface area contributed by atoms with Crippen molar-refractivity contribution in [2.75, 3.05) is 19.8 Å². The first-order valence-corrected chi connectivity index (χ1v) is 13.6. The van der Waals surface area contributed by atoms with E-state index >= 15 is 4.39 Å². The first kappa shape index (κ1) is 24.5. The summed E-state index contributed by atoms with van der Waals surface area (Å²) in [5, 5.41) is 8.78. The molecule has 4 aromatic rings. The maximum atomic E-state index is 16.3. The SMILES string of the molecule is Cc1c(-c2[nH]c3cnc(C4CCC(NCC5(C)COC5)CC4)c(F)c3c2C(C)C)cn2ncnc2c1C. The summed E-state index contributed by atoms with van der Waals surface area (Å²) in [6, 6.07) is 0.489. The van der Waals surface area contributed by atoms with Crippen LogP contribution in [-0.2, 0) is 4.74 Å². The van der Waals surface area contributed by atoms with Crippen molar-refractivity contribution < 1.29 is 9.13 Å². The van der Waals surface area contributed by atoms with E-state index in [1.54, 1.807) is 10.8 Å². The molecular formula is C29H37FN6O. The second-order valence-corrected chi connectivity index (χ2v) is 11.9. The molecule has 2 fully saturated rings. The largest absolute Gasteiger partial charge is 0.380 e. The van der Waals surface area contributed by atoms with E-state index in [9.17, 15) is 0 Å². The number of aromatic amines is 1. The van der Waals surface area contributed by atoms with E-state index in [2.05, 4.69) is 60.0 Å². The van der Waals surface area contributed by atoms with Crippen LogP contribution in [0.1, 0.15) is 80.7 Å². The zero-order valence-corrected chi connectivity index (χ0v) is 22.5. The highest BCUT2D eigenvalue weighted by Gasteiger charge is 2.35. The van der Waals surface area contributed by atoms with Gasteiger partial charge in [0.05, 0.1) is 36.3 Å². The molecule has 7 nitrogen and oxygen atoms in total. The smallest absolute Gasteiger partial charge is 0.158 e. The fourth-order valence-electron chi connectivity index (χ4n) is 6.23. The second kappa shape index (κ2) is 9.17. The number of aromatic nitrogens is 5. The molecule has 2 aliphatic rings. The summed E-state index contributed by atoms with van der Waals surface area (Å²) in [4.78, 5) is 12.6. The number of hydrogen-bond acceptors (Lipinski definition) is 5. The van der Waals surface area contributed by atoms with Gasteiger partial charge in [-0.15, -0.1) is 0 Å². The molecule has 0 spiro atoms. The Morgan fingerprint density at radius 1 is 1.16 bits per heavy atom. The molecule has 196 valence electrons. The van der Waals surface area contributed by atoms with Crippen LogP contribution in [0.5, 0.6) is 0 Å². The van der Waals surface area contributed by atoms with Crippen LogP contribution in [-0.4, -0.2) is 50.4 Å². The molecule has 5 heterocycles. The molecule has 0 unspecified atom stereocenters. The van der Waals surface area contributed by atoms with E-state index in [0.717, 1.165) is 84.6 Å². The number of fused-ring (bicyclic) bond motifs is 2. The molecule has 1 aliphatic carbocycles. The first-order chi connectivity index (χ1) is 17.8. The Hall–Kier alpha value is -2.84. The number of nitrogens with one attached hydrogen (secondary N) is 2. The molecule has 37 heavy (non-hydrogen) atoms. The van der Waals surface area contributed by atoms with Crippen LogP contribution < -0.4 is 5.32 Å². The lowest BCUT2D eigenvalue weighted by atomic mass is 9.82. The molecule has 0 bridgehead atoms. The Bertz CT molecular complexity index is 1460. The number of nitrogens with zero attached hydrogens (tertiary/aromatic N) is 4. The number of hydrogen-bond donors (Lipinski definition) is 2. The highest BCUT2D eigenvalue weighted by molar-refractivity contribution is 5.92. The summed E-state index contributed by atoms with van der Waals surface area (Å²) in [6.45, 7) is 13.4. The minimum absolute atomic E-state index is 0.136. The molecule has 0 amide bonds. The van der Waals surface area contributed by atoms with Gasteiger partial charge in [0.15, 0.2) is 11.5 Å². The van der Waals surface area contributed by atoms with Gasteiger partial charge in [-0.3, -0.25) is 4.98 Å². The van der Waals surface area contributed by atoms with E-state index < -0.39 is 0 Å². The van der Waals surface area contributed by atoms with E-state index in [-0.39, 0.29) is 23.1 Å². The van der Waals surface area contributed by atoms with Gasteiger partial charge in [0.1, 0.15) is 6.33 Å². The normalized spacial score (nSPS) is 21.7. The van der Waals surface area contributed by atoms with Crippen LogP contribution >= 0.6 is 0 Å². The summed E-state index contributed by atoms with van der Waals surface area (Å²) in [5.74, 6) is 0.130. The molecule has 0 aromatic carbocycles. The quantitative estimate of drug-likeness (QED) is 0.347. The van der Waals surface area contributed by atoms with E-state index in [4.69, 9.17) is 4.74 Å². The van der Waals surface area contributed by atoms with Gasteiger partial charge in [-0.05, 0) is 62.1 Å². The second-order valence-electron chi connectivity index (χ2n) is 11.9. The molecule has 1 aliphatic heterocycles. The van der Waals surface area contributed by atoms with Gasteiger partial charge in [-0.1, -0.05) is 20.8 Å². The third-order valence-corrected chi connectivity index (χ3v) is 8.65. The van der Waals surface area contributed by atoms with Crippen molar-refractivity contribution in [3.8, 4) is 11.3 Å². The predicted octanol–water partition coefficient (Wildman–Crippen LogP) is 5.80. The summed E-state index contributed by atoms with van der Waals surface area (Å²) >= 11 is 0. The summed E-state index contributed by atoms with van der Waals surface area (Å²) in [6.07, 6.45) is 9.41. The Morgan fingerprint density at radius 3 is 2.59 bits per heavy atom. The molecule has 4 aromatic heterocycles. The molecule has 8 heteroatoms. The fourth-order valence-corrected chi connectivity index (χ4v) is 6.23. The lowest BCUT2D eigenvalue weighted by Crippen LogP contribution is -2.50. The van der Waals surface area contributed by atoms with Gasteiger partial charge in [0.25, 0.3) is 0 Å². The molecule has 6 rings (SSSR count). The van der Waals surface area contributed by atoms with Crippen molar-refractivity contribution in [2.45, 2.75) is 78.2 Å². The number of pyridine rings is 2. The maximum absolute atomic E-state index is 16.3. The molecule has 0 atom stereocenters. The van der Waals surface area contributed by atoms with Gasteiger partial charge in [0.2, 0.25) is 0 Å². The summed E-state index contributed by atoms with van der Waals surface area (Å²) < 4.78 is 23.5. The number of H-pyrrole nitrogens is 1. The van der Waals surface area contributed by atoms with Crippen LogP contribution in [0.25, 0.3) is 27.8 Å². The van der Waals surface area contributed by atoms with Crippen LogP contribution in [0, 0.1) is 25.1 Å². The van der Waals surface area contributed by atoms with Crippen molar-refractivity contribution in [3.05, 3.63) is 46.9 Å². The Kier molecular flexibility index (Phi) is 6.07. The van der Waals surface area contributed by atoms with Crippen LogP contribution in [0.15, 0.2) is 18.7 Å². The summed E-state index contributed by atoms with van der Waals surface area (Å²) in [5.41, 5.74) is 7.66. The number of halogens is 1. The van der Waals surface area contributed by atoms with Crippen molar-refractivity contribution in [1.82, 2.24) is 29.9 Å². The zero-order valence-electron chi connectivity index (χ0n) is 22.5. The van der Waals surface area contributed by atoms with E-state index in [1.165, 1.54) is 0 Å². The maximum Gasteiger partial charge on any atom is 0.158 e. The third-order valence-electron chi connectivity index (χ3n) is 8.65. The average molecular weight is 505 g/mol. The molecule has 0 radical (unpaired) electrons. The minimum Gasteiger partial charge on any atom is -0.380 e. The highest BCUT2D eigenvalue weighted by Crippen LogP contribution is 2.42. The van der Waals surface area contributed by atoms with Crippen LogP contribution in [0.3, 0.4) is 0 Å². The Labute approximate surface area is 217 Å². The monoisotopic (exact) mass is 504 g/mol. The van der Waals surface area contributed by atoms with Gasteiger partial charge >= 0.3 is 0 Å². The van der Waals surface area contributed by atoms with Crippen molar-refractivity contribution in [1.29, 1.82) is 0 Å². The minimum atomic E-state index is -0.157. The standard InChI is InChI=1S/C29H37FN6O/c1-16(2)23-24-22(35-27(23)21-11-36-28(33-15-34-36)18(4)17(21)3)10-31-26(25(24)30)19-6-8-20(9-7-19)32-12-29(5)13-37-14-29/h10-11,15-16,19-20,32,35H,6-9,12-14H2,1-5H3. The predicted molar refractivity (Wildman–Crippen MR) is 144 cm³/mol. The highest BCUT2D eigenvalue weighted by atomic mass is 19.1. The molecule has 1 saturated heterocycles. The molecule has 2 N–H and O–H groups in total. The van der Waals surface area contributed by atoms with Crippen molar-refractivity contribution >= 4 is 16.6 Å². The van der Waals surface area contributed by atoms with Gasteiger partial charge in [-0.2, -0.15) is 5.10 Å². The lowest BCUT2D eigenvalue weighted by Gasteiger charge is -2.40. The van der Waals surface area contributed by atoms with E-state index in [0.29, 0.717) is 17.1 Å². The number of aryl methyl sites for hydroxylation is 1. The van der Waals surface area contributed by atoms with Gasteiger partial charge in [0, 0.05) is 41.1 Å². The number of rotatable bonds is 6. The number of ether oxygens (including phenoxy) is 1. The fraction of sp³-hybridized carbons (Fsp3) is 0.552. The third kappa shape index (κ3) is 4.14. The van der Waals surface area contributed by atoms with E-state index in [1.807, 2.05) is 12.4 Å². The van der Waals surface area contributed by atoms with Crippen LogP contribution in [0.2, 0.25) is 0 Å². The molecule has 1 saturated carbocycles. The zero-order chi connectivity index (χ0) is 25.9. The van der Waals surface area contributed by atoms with Crippen molar-refractivity contribution in [2.24, 2.45) is 5.41 Å². The van der Waals surface area contributed by atoms with Crippen molar-refractivity contribution in [3.63, 3.8) is 0 Å². The van der Waals surface area contributed by atoms with Crippen LogP contribution in [0.4, 0.5) is 4.39 Å². The lowest BCUT2D eigenvalue weighted by molar-refractivity contribution is -0.100. The Balaban J connectivity index is 1.32. The molecular weight excluding hydrogens is 467 g/mol. The van der Waals surface area contributed by atoms with Gasteiger partial charge in [-0.25, -0.2) is 13.9 Å². The topological polar surface area (TPSA) is 80.1 Å². The first-order valence-electron chi connectivity index (χ1n) is 13.6. The average Bonchev–Trinajstić information content (AvgIpc) is 3.50. The summed E-state index contributed by atoms with van der Waals surface area (Å²) in [7, 11) is 0.